The Morgan fingerprint density at radius 3 is 2.75 bits per heavy atom. The second-order valence-electron chi connectivity index (χ2n) is 5.06. The number of nitrogens with one attached hydrogen (secondary N) is 1. The average molecular weight is 484 g/mol. The molecule has 1 aromatic heterocycles. The fourth-order valence-corrected chi connectivity index (χ4v) is 3.29. The maximum Gasteiger partial charge on any atom is 0.193 e. The normalized spacial score (nSPS) is 12.5. The lowest BCUT2D eigenvalue weighted by molar-refractivity contribution is 0.179. The number of hydrogen-bond acceptors (Lipinski definition) is 3. The summed E-state index contributed by atoms with van der Waals surface area (Å²) in [6.07, 6.45) is -0.813. The van der Waals surface area contributed by atoms with Gasteiger partial charge < -0.3 is 15.3 Å². The summed E-state index contributed by atoms with van der Waals surface area (Å²) in [5.74, 6) is 0.280. The van der Waals surface area contributed by atoms with E-state index >= 15 is 0 Å². The number of guanidine groups is 1. The third-order valence-corrected chi connectivity index (χ3v) is 4.50. The zero-order valence-corrected chi connectivity index (χ0v) is 17.3. The third kappa shape index (κ3) is 6.19. The first-order valence-electron chi connectivity index (χ1n) is 7.09. The first-order valence-corrected chi connectivity index (χ1v) is 8.28. The standard InChI is InChI=1S/C16H19ClFN3OS.HI/c1-19-16(21(2)10-13-6-7-15(17)23-13)20-9-14(22)11-4-3-5-12(18)8-11;/h3-8,14,22H,9-10H2,1-2H3,(H,19,20);1H. The fraction of sp³-hybridized carbons (Fsp3) is 0.312. The Kier molecular flexibility index (Phi) is 8.96. The van der Waals surface area contributed by atoms with Crippen molar-refractivity contribution in [1.29, 1.82) is 0 Å². The number of aliphatic hydroxyl groups is 1. The van der Waals surface area contributed by atoms with Crippen LogP contribution in [0.5, 0.6) is 0 Å². The van der Waals surface area contributed by atoms with Gasteiger partial charge in [0.25, 0.3) is 0 Å². The lowest BCUT2D eigenvalue weighted by atomic mass is 10.1. The van der Waals surface area contributed by atoms with Gasteiger partial charge in [-0.1, -0.05) is 23.7 Å². The predicted molar refractivity (Wildman–Crippen MR) is 109 cm³/mol. The van der Waals surface area contributed by atoms with Crippen LogP contribution in [-0.2, 0) is 6.54 Å². The third-order valence-electron chi connectivity index (χ3n) is 3.28. The minimum absolute atomic E-state index is 0. The predicted octanol–water partition coefficient (Wildman–Crippen LogP) is 3.90. The van der Waals surface area contributed by atoms with Crippen molar-refractivity contribution < 1.29 is 9.50 Å². The summed E-state index contributed by atoms with van der Waals surface area (Å²) in [5, 5.41) is 13.2. The molecule has 1 aromatic carbocycles. The van der Waals surface area contributed by atoms with E-state index in [2.05, 4.69) is 10.3 Å². The lowest BCUT2D eigenvalue weighted by Gasteiger charge is -2.23. The van der Waals surface area contributed by atoms with Crippen molar-refractivity contribution in [2.24, 2.45) is 4.99 Å². The van der Waals surface area contributed by atoms with E-state index in [1.165, 1.54) is 23.5 Å². The molecule has 0 aliphatic carbocycles. The number of nitrogens with zero attached hydrogens (tertiary/aromatic N) is 2. The topological polar surface area (TPSA) is 47.9 Å². The number of halogens is 3. The zero-order valence-electron chi connectivity index (χ0n) is 13.4. The average Bonchev–Trinajstić information content (AvgIpc) is 2.92. The summed E-state index contributed by atoms with van der Waals surface area (Å²) in [4.78, 5) is 7.24. The van der Waals surface area contributed by atoms with Gasteiger partial charge in [0.05, 0.1) is 17.0 Å². The maximum absolute atomic E-state index is 13.2. The molecule has 1 atom stereocenters. The minimum atomic E-state index is -0.813. The number of rotatable bonds is 5. The molecular weight excluding hydrogens is 464 g/mol. The van der Waals surface area contributed by atoms with Crippen molar-refractivity contribution in [3.8, 4) is 0 Å². The van der Waals surface area contributed by atoms with Crippen LogP contribution in [0.2, 0.25) is 4.34 Å². The number of thiophene rings is 1. The van der Waals surface area contributed by atoms with E-state index < -0.39 is 6.10 Å². The molecule has 0 saturated carbocycles. The number of hydrogen-bond donors (Lipinski definition) is 2. The Labute approximate surface area is 167 Å². The van der Waals surface area contributed by atoms with Gasteiger partial charge in [-0.05, 0) is 29.8 Å². The first kappa shape index (κ1) is 21.1. The summed E-state index contributed by atoms with van der Waals surface area (Å²) in [6.45, 7) is 0.902. The molecule has 2 aromatic rings. The summed E-state index contributed by atoms with van der Waals surface area (Å²) in [5.41, 5.74) is 0.528. The SMILES string of the molecule is CN=C(NCC(O)c1cccc(F)c1)N(C)Cc1ccc(Cl)s1.I. The quantitative estimate of drug-likeness (QED) is 0.385. The number of aliphatic imine (C=N–C) groups is 1. The van der Waals surface area contributed by atoms with E-state index in [0.717, 1.165) is 9.21 Å². The molecule has 0 spiro atoms. The van der Waals surface area contributed by atoms with Gasteiger partial charge >= 0.3 is 0 Å². The summed E-state index contributed by atoms with van der Waals surface area (Å²) in [6, 6.07) is 9.78. The molecule has 4 nitrogen and oxygen atoms in total. The van der Waals surface area contributed by atoms with Crippen molar-refractivity contribution in [2.75, 3.05) is 20.6 Å². The second kappa shape index (κ2) is 10.2. The molecule has 0 fully saturated rings. The number of benzene rings is 1. The van der Waals surface area contributed by atoms with Gasteiger partial charge in [-0.25, -0.2) is 4.39 Å². The highest BCUT2D eigenvalue weighted by Gasteiger charge is 2.12. The molecule has 0 radical (unpaired) electrons. The maximum atomic E-state index is 13.2. The molecule has 0 aliphatic heterocycles. The van der Waals surface area contributed by atoms with Crippen LogP contribution in [0.3, 0.4) is 0 Å². The van der Waals surface area contributed by atoms with Gasteiger partial charge in [0, 0.05) is 25.5 Å². The van der Waals surface area contributed by atoms with Gasteiger partial charge in [-0.2, -0.15) is 0 Å². The molecule has 8 heteroatoms. The molecule has 2 rings (SSSR count). The van der Waals surface area contributed by atoms with Crippen molar-refractivity contribution in [3.63, 3.8) is 0 Å². The molecule has 1 unspecified atom stereocenters. The monoisotopic (exact) mass is 483 g/mol. The van der Waals surface area contributed by atoms with Crippen LogP contribution in [0.4, 0.5) is 4.39 Å². The van der Waals surface area contributed by atoms with E-state index in [4.69, 9.17) is 11.6 Å². The van der Waals surface area contributed by atoms with E-state index in [1.807, 2.05) is 24.1 Å². The molecule has 24 heavy (non-hydrogen) atoms. The van der Waals surface area contributed by atoms with Crippen molar-refractivity contribution in [3.05, 3.63) is 57.0 Å². The van der Waals surface area contributed by atoms with E-state index in [0.29, 0.717) is 18.1 Å². The van der Waals surface area contributed by atoms with Crippen LogP contribution in [0.25, 0.3) is 0 Å². The fourth-order valence-electron chi connectivity index (χ4n) is 2.15. The number of aliphatic hydroxyl groups excluding tert-OH is 1. The van der Waals surface area contributed by atoms with E-state index in [-0.39, 0.29) is 36.3 Å². The van der Waals surface area contributed by atoms with Gasteiger partial charge in [0.15, 0.2) is 5.96 Å². The van der Waals surface area contributed by atoms with Gasteiger partial charge in [-0.3, -0.25) is 4.99 Å². The molecule has 0 saturated heterocycles. The van der Waals surface area contributed by atoms with Gasteiger partial charge in [0.2, 0.25) is 0 Å². The summed E-state index contributed by atoms with van der Waals surface area (Å²) < 4.78 is 13.9. The van der Waals surface area contributed by atoms with Gasteiger partial charge in [-0.15, -0.1) is 35.3 Å². The minimum Gasteiger partial charge on any atom is -0.387 e. The van der Waals surface area contributed by atoms with Crippen LogP contribution >= 0.6 is 46.9 Å². The Balaban J connectivity index is 0.00000288. The van der Waals surface area contributed by atoms with Crippen LogP contribution in [0, 0.1) is 5.82 Å². The van der Waals surface area contributed by atoms with Crippen molar-refractivity contribution >= 4 is 52.9 Å². The Hall–Kier alpha value is -0.900. The van der Waals surface area contributed by atoms with Crippen LogP contribution < -0.4 is 5.32 Å². The molecule has 2 N–H and O–H groups in total. The van der Waals surface area contributed by atoms with Crippen molar-refractivity contribution in [2.45, 2.75) is 12.6 Å². The Morgan fingerprint density at radius 2 is 2.17 bits per heavy atom. The van der Waals surface area contributed by atoms with Crippen LogP contribution in [0.15, 0.2) is 41.4 Å². The van der Waals surface area contributed by atoms with Crippen LogP contribution in [0.1, 0.15) is 16.5 Å². The summed E-state index contributed by atoms with van der Waals surface area (Å²) in [7, 11) is 3.58. The molecular formula is C16H20ClFIN3OS. The Morgan fingerprint density at radius 1 is 1.42 bits per heavy atom. The zero-order chi connectivity index (χ0) is 16.8. The molecule has 0 amide bonds. The summed E-state index contributed by atoms with van der Waals surface area (Å²) >= 11 is 7.45. The highest BCUT2D eigenvalue weighted by molar-refractivity contribution is 14.0. The first-order chi connectivity index (χ1) is 11.0. The lowest BCUT2D eigenvalue weighted by Crippen LogP contribution is -2.40. The smallest absolute Gasteiger partial charge is 0.193 e. The highest BCUT2D eigenvalue weighted by Crippen LogP contribution is 2.22. The van der Waals surface area contributed by atoms with E-state index in [1.54, 1.807) is 19.2 Å². The molecule has 132 valence electrons. The second-order valence-corrected chi connectivity index (χ2v) is 6.86. The van der Waals surface area contributed by atoms with Gasteiger partial charge in [0.1, 0.15) is 5.82 Å². The van der Waals surface area contributed by atoms with Crippen LogP contribution in [-0.4, -0.2) is 36.6 Å². The van der Waals surface area contributed by atoms with E-state index in [9.17, 15) is 9.50 Å². The highest BCUT2D eigenvalue weighted by atomic mass is 127. The molecule has 1 heterocycles. The molecule has 0 bridgehead atoms. The van der Waals surface area contributed by atoms with Crippen molar-refractivity contribution in [1.82, 2.24) is 10.2 Å². The molecule has 0 aliphatic rings. The largest absolute Gasteiger partial charge is 0.387 e. The Bertz CT molecular complexity index is 683.